The Bertz CT molecular complexity index is 543. The lowest BCUT2D eigenvalue weighted by atomic mass is 10.1. The molecule has 1 aromatic carbocycles. The molecule has 5 heteroatoms. The van der Waals surface area contributed by atoms with E-state index in [9.17, 15) is 5.11 Å². The second-order valence-corrected chi connectivity index (χ2v) is 5.43. The highest BCUT2D eigenvalue weighted by atomic mass is 35.5. The average molecular weight is 281 g/mol. The summed E-state index contributed by atoms with van der Waals surface area (Å²) in [5, 5.41) is 10.7. The van der Waals surface area contributed by atoms with E-state index in [0.717, 1.165) is 16.0 Å². The summed E-state index contributed by atoms with van der Waals surface area (Å²) in [6.45, 7) is 3.65. The summed E-state index contributed by atoms with van der Waals surface area (Å²) in [6.07, 6.45) is 3.03. The molecule has 0 radical (unpaired) electrons. The van der Waals surface area contributed by atoms with Crippen LogP contribution in [-0.4, -0.2) is 15.1 Å². The van der Waals surface area contributed by atoms with E-state index in [0.29, 0.717) is 10.2 Å². The van der Waals surface area contributed by atoms with Gasteiger partial charge in [-0.15, -0.1) is 0 Å². The number of aromatic nitrogens is 2. The van der Waals surface area contributed by atoms with Crippen molar-refractivity contribution < 1.29 is 5.11 Å². The van der Waals surface area contributed by atoms with Crippen molar-refractivity contribution in [1.82, 2.24) is 9.97 Å². The number of aryl methyl sites for hydroxylation is 1. The van der Waals surface area contributed by atoms with Gasteiger partial charge in [0, 0.05) is 17.3 Å². The predicted molar refractivity (Wildman–Crippen MR) is 73.0 cm³/mol. The van der Waals surface area contributed by atoms with Gasteiger partial charge in [0.2, 0.25) is 0 Å². The van der Waals surface area contributed by atoms with Gasteiger partial charge >= 0.3 is 0 Å². The topological polar surface area (TPSA) is 46.0 Å². The third kappa shape index (κ3) is 3.22. The molecule has 3 nitrogen and oxygen atoms in total. The summed E-state index contributed by atoms with van der Waals surface area (Å²) in [7, 11) is 0. The molecule has 0 spiro atoms. The van der Waals surface area contributed by atoms with Crippen LogP contribution in [0.25, 0.3) is 0 Å². The predicted octanol–water partition coefficient (Wildman–Crippen LogP) is 3.64. The molecule has 0 aliphatic carbocycles. The number of hydrogen-bond acceptors (Lipinski definition) is 4. The fourth-order valence-electron chi connectivity index (χ4n) is 1.39. The van der Waals surface area contributed by atoms with Crippen molar-refractivity contribution in [2.75, 3.05) is 0 Å². The fraction of sp³-hybridized carbons (Fsp3) is 0.231. The van der Waals surface area contributed by atoms with E-state index in [4.69, 9.17) is 11.6 Å². The first-order valence-electron chi connectivity index (χ1n) is 5.50. The molecule has 0 bridgehead atoms. The van der Waals surface area contributed by atoms with Gasteiger partial charge in [-0.2, -0.15) is 0 Å². The minimum atomic E-state index is -0.517. The molecule has 94 valence electrons. The van der Waals surface area contributed by atoms with E-state index in [-0.39, 0.29) is 0 Å². The zero-order chi connectivity index (χ0) is 13.1. The van der Waals surface area contributed by atoms with Crippen molar-refractivity contribution >= 4 is 23.4 Å². The van der Waals surface area contributed by atoms with Gasteiger partial charge in [0.1, 0.15) is 0 Å². The Morgan fingerprint density at radius 1 is 1.28 bits per heavy atom. The molecule has 2 rings (SSSR count). The van der Waals surface area contributed by atoms with Crippen molar-refractivity contribution in [2.24, 2.45) is 0 Å². The first kappa shape index (κ1) is 13.3. The molecule has 0 saturated carbocycles. The zero-order valence-corrected chi connectivity index (χ0v) is 11.7. The number of nitrogens with zero attached hydrogens (tertiary/aromatic N) is 2. The van der Waals surface area contributed by atoms with E-state index in [1.165, 1.54) is 11.8 Å². The van der Waals surface area contributed by atoms with Crippen molar-refractivity contribution in [2.45, 2.75) is 30.0 Å². The highest BCUT2D eigenvalue weighted by Crippen LogP contribution is 2.32. The average Bonchev–Trinajstić information content (AvgIpc) is 2.34. The molecule has 1 N–H and O–H groups in total. The number of aliphatic hydroxyl groups excluding tert-OH is 1. The lowest BCUT2D eigenvalue weighted by Crippen LogP contribution is -1.91. The summed E-state index contributed by atoms with van der Waals surface area (Å²) in [5.41, 5.74) is 1.82. The maximum absolute atomic E-state index is 9.47. The lowest BCUT2D eigenvalue weighted by Gasteiger charge is -2.08. The Kier molecular flexibility index (Phi) is 4.22. The summed E-state index contributed by atoms with van der Waals surface area (Å²) in [6, 6.07) is 5.49. The molecule has 2 aromatic rings. The SMILES string of the molecule is Cc1cnc(Sc2ccc(C(C)O)cc2Cl)nc1. The number of aliphatic hydroxyl groups is 1. The molecular weight excluding hydrogens is 268 g/mol. The van der Waals surface area contributed by atoms with Crippen LogP contribution in [0, 0.1) is 6.92 Å². The van der Waals surface area contributed by atoms with Gasteiger partial charge in [-0.1, -0.05) is 17.7 Å². The van der Waals surface area contributed by atoms with Crippen molar-refractivity contribution in [3.63, 3.8) is 0 Å². The van der Waals surface area contributed by atoms with Crippen molar-refractivity contribution in [3.05, 3.63) is 46.7 Å². The standard InChI is InChI=1S/C13H13ClN2OS/c1-8-6-15-13(16-7-8)18-12-4-3-10(9(2)17)5-11(12)14/h3-7,9,17H,1-2H3. The zero-order valence-electron chi connectivity index (χ0n) is 10.1. The Morgan fingerprint density at radius 3 is 2.50 bits per heavy atom. The largest absolute Gasteiger partial charge is 0.389 e. The second-order valence-electron chi connectivity index (χ2n) is 4.01. The van der Waals surface area contributed by atoms with Gasteiger partial charge in [-0.25, -0.2) is 9.97 Å². The van der Waals surface area contributed by atoms with E-state index < -0.39 is 6.10 Å². The number of halogens is 1. The van der Waals surface area contributed by atoms with Crippen LogP contribution in [0.15, 0.2) is 40.6 Å². The first-order valence-corrected chi connectivity index (χ1v) is 6.69. The van der Waals surface area contributed by atoms with Crippen LogP contribution in [0.5, 0.6) is 0 Å². The molecule has 0 aliphatic heterocycles. The molecule has 1 heterocycles. The van der Waals surface area contributed by atoms with Crippen molar-refractivity contribution in [3.8, 4) is 0 Å². The van der Waals surface area contributed by atoms with Crippen LogP contribution in [0.1, 0.15) is 24.2 Å². The lowest BCUT2D eigenvalue weighted by molar-refractivity contribution is 0.199. The van der Waals surface area contributed by atoms with E-state index in [1.807, 2.05) is 19.1 Å². The summed E-state index contributed by atoms with van der Waals surface area (Å²) < 4.78 is 0. The van der Waals surface area contributed by atoms with Crippen LogP contribution < -0.4 is 0 Å². The van der Waals surface area contributed by atoms with Gasteiger partial charge in [0.25, 0.3) is 0 Å². The molecular formula is C13H13ClN2OS. The normalized spacial score (nSPS) is 12.4. The Balaban J connectivity index is 2.22. The highest BCUT2D eigenvalue weighted by Gasteiger charge is 2.08. The van der Waals surface area contributed by atoms with Crippen LogP contribution in [0.2, 0.25) is 5.02 Å². The Morgan fingerprint density at radius 2 is 1.94 bits per heavy atom. The Labute approximate surface area is 115 Å². The van der Waals surface area contributed by atoms with E-state index in [1.54, 1.807) is 25.4 Å². The van der Waals surface area contributed by atoms with E-state index >= 15 is 0 Å². The first-order chi connectivity index (χ1) is 8.56. The third-order valence-electron chi connectivity index (χ3n) is 2.40. The van der Waals surface area contributed by atoms with Gasteiger partial charge in [0.15, 0.2) is 5.16 Å². The van der Waals surface area contributed by atoms with Crippen LogP contribution in [0.3, 0.4) is 0 Å². The molecule has 0 saturated heterocycles. The molecule has 1 aromatic heterocycles. The monoisotopic (exact) mass is 280 g/mol. The van der Waals surface area contributed by atoms with Gasteiger partial charge < -0.3 is 5.11 Å². The maximum atomic E-state index is 9.47. The molecule has 18 heavy (non-hydrogen) atoms. The minimum Gasteiger partial charge on any atom is -0.389 e. The maximum Gasteiger partial charge on any atom is 0.192 e. The van der Waals surface area contributed by atoms with Crippen LogP contribution in [-0.2, 0) is 0 Å². The quantitative estimate of drug-likeness (QED) is 0.872. The summed E-state index contributed by atoms with van der Waals surface area (Å²) in [4.78, 5) is 9.31. The smallest absolute Gasteiger partial charge is 0.192 e. The number of rotatable bonds is 3. The van der Waals surface area contributed by atoms with Crippen LogP contribution in [0.4, 0.5) is 0 Å². The fourth-order valence-corrected chi connectivity index (χ4v) is 2.40. The molecule has 1 atom stereocenters. The summed E-state index contributed by atoms with van der Waals surface area (Å²) in [5.74, 6) is 0. The second kappa shape index (κ2) is 5.69. The third-order valence-corrected chi connectivity index (χ3v) is 3.79. The van der Waals surface area contributed by atoms with Crippen LogP contribution >= 0.6 is 23.4 Å². The van der Waals surface area contributed by atoms with Gasteiger partial charge in [-0.3, -0.25) is 0 Å². The molecule has 0 fully saturated rings. The highest BCUT2D eigenvalue weighted by molar-refractivity contribution is 7.99. The molecule has 1 unspecified atom stereocenters. The number of hydrogen-bond donors (Lipinski definition) is 1. The van der Waals surface area contributed by atoms with E-state index in [2.05, 4.69) is 9.97 Å². The van der Waals surface area contributed by atoms with Crippen molar-refractivity contribution in [1.29, 1.82) is 0 Å². The minimum absolute atomic E-state index is 0.517. The number of benzene rings is 1. The molecule has 0 aliphatic rings. The summed E-state index contributed by atoms with van der Waals surface area (Å²) >= 11 is 7.57. The Hall–Kier alpha value is -1.10. The molecule has 0 amide bonds. The van der Waals surface area contributed by atoms with Gasteiger partial charge in [0.05, 0.1) is 11.1 Å². The van der Waals surface area contributed by atoms with Gasteiger partial charge in [-0.05, 0) is 48.9 Å².